The van der Waals surface area contributed by atoms with Gasteiger partial charge in [-0.3, -0.25) is 4.90 Å². The van der Waals surface area contributed by atoms with E-state index in [-0.39, 0.29) is 0 Å². The number of nitrogens with one attached hydrogen (secondary N) is 1. The molecule has 0 unspecified atom stereocenters. The Morgan fingerprint density at radius 2 is 2.36 bits per heavy atom. The van der Waals surface area contributed by atoms with Crippen molar-refractivity contribution in [3.63, 3.8) is 0 Å². The van der Waals surface area contributed by atoms with Crippen LogP contribution in [0.2, 0.25) is 0 Å². The van der Waals surface area contributed by atoms with Crippen LogP contribution in [0.25, 0.3) is 0 Å². The normalized spacial score (nSPS) is 39.0. The van der Waals surface area contributed by atoms with Crippen LogP contribution >= 0.6 is 0 Å². The SMILES string of the molecule is CCN1CCN[C@@H]2CCC[C@@H]21. The summed E-state index contributed by atoms with van der Waals surface area (Å²) in [4.78, 5) is 2.63. The third-order valence-corrected chi connectivity index (χ3v) is 3.16. The highest BCUT2D eigenvalue weighted by atomic mass is 15.2. The Morgan fingerprint density at radius 1 is 1.45 bits per heavy atom. The first kappa shape index (κ1) is 7.56. The summed E-state index contributed by atoms with van der Waals surface area (Å²) in [5, 5.41) is 3.60. The van der Waals surface area contributed by atoms with E-state index in [0.717, 1.165) is 12.1 Å². The average molecular weight is 154 g/mol. The summed E-state index contributed by atoms with van der Waals surface area (Å²) in [6, 6.07) is 1.69. The average Bonchev–Trinajstić information content (AvgIpc) is 2.50. The molecule has 1 aliphatic heterocycles. The number of likely N-dealkylation sites (N-methyl/N-ethyl adjacent to an activating group) is 1. The van der Waals surface area contributed by atoms with Crippen LogP contribution in [0.15, 0.2) is 0 Å². The van der Waals surface area contributed by atoms with Gasteiger partial charge < -0.3 is 5.32 Å². The fourth-order valence-electron chi connectivity index (χ4n) is 2.57. The first-order valence-electron chi connectivity index (χ1n) is 4.89. The first-order valence-corrected chi connectivity index (χ1v) is 4.89. The van der Waals surface area contributed by atoms with Crippen molar-refractivity contribution in [3.8, 4) is 0 Å². The molecule has 0 aromatic heterocycles. The lowest BCUT2D eigenvalue weighted by Gasteiger charge is -2.37. The van der Waals surface area contributed by atoms with Gasteiger partial charge in [0.25, 0.3) is 0 Å². The molecule has 11 heavy (non-hydrogen) atoms. The van der Waals surface area contributed by atoms with Gasteiger partial charge in [-0.1, -0.05) is 13.3 Å². The smallest absolute Gasteiger partial charge is 0.0249 e. The Bertz CT molecular complexity index is 136. The first-order chi connectivity index (χ1) is 5.42. The summed E-state index contributed by atoms with van der Waals surface area (Å²) in [5.41, 5.74) is 0. The van der Waals surface area contributed by atoms with E-state index in [1.54, 1.807) is 0 Å². The fraction of sp³-hybridized carbons (Fsp3) is 1.00. The van der Waals surface area contributed by atoms with E-state index in [1.165, 1.54) is 38.9 Å². The molecule has 0 aromatic rings. The van der Waals surface area contributed by atoms with Gasteiger partial charge in [0.15, 0.2) is 0 Å². The maximum atomic E-state index is 3.60. The van der Waals surface area contributed by atoms with Crippen molar-refractivity contribution < 1.29 is 0 Å². The molecule has 1 N–H and O–H groups in total. The second-order valence-electron chi connectivity index (χ2n) is 3.69. The van der Waals surface area contributed by atoms with Crippen molar-refractivity contribution in [3.05, 3.63) is 0 Å². The fourth-order valence-corrected chi connectivity index (χ4v) is 2.57. The van der Waals surface area contributed by atoms with Crippen LogP contribution in [-0.2, 0) is 0 Å². The van der Waals surface area contributed by atoms with Gasteiger partial charge in [-0.2, -0.15) is 0 Å². The quantitative estimate of drug-likeness (QED) is 0.602. The maximum Gasteiger partial charge on any atom is 0.0249 e. The van der Waals surface area contributed by atoms with E-state index in [1.807, 2.05) is 0 Å². The lowest BCUT2D eigenvalue weighted by atomic mass is 10.1. The summed E-state index contributed by atoms with van der Waals surface area (Å²) >= 11 is 0. The number of piperazine rings is 1. The van der Waals surface area contributed by atoms with Crippen molar-refractivity contribution in [1.82, 2.24) is 10.2 Å². The van der Waals surface area contributed by atoms with Crippen molar-refractivity contribution in [2.24, 2.45) is 0 Å². The minimum absolute atomic E-state index is 0.823. The largest absolute Gasteiger partial charge is 0.311 e. The van der Waals surface area contributed by atoms with E-state index in [2.05, 4.69) is 17.1 Å². The molecule has 0 amide bonds. The lowest BCUT2D eigenvalue weighted by Crippen LogP contribution is -2.55. The number of fused-ring (bicyclic) bond motifs is 1. The topological polar surface area (TPSA) is 15.3 Å². The second-order valence-corrected chi connectivity index (χ2v) is 3.69. The zero-order valence-corrected chi connectivity index (χ0v) is 7.34. The van der Waals surface area contributed by atoms with E-state index in [4.69, 9.17) is 0 Å². The van der Waals surface area contributed by atoms with Gasteiger partial charge >= 0.3 is 0 Å². The van der Waals surface area contributed by atoms with Gasteiger partial charge in [-0.25, -0.2) is 0 Å². The summed E-state index contributed by atoms with van der Waals surface area (Å²) in [5.74, 6) is 0. The van der Waals surface area contributed by atoms with Crippen LogP contribution in [0.5, 0.6) is 0 Å². The maximum absolute atomic E-state index is 3.60. The minimum atomic E-state index is 0.823. The molecule has 1 aliphatic carbocycles. The molecule has 2 aliphatic rings. The summed E-state index contributed by atoms with van der Waals surface area (Å²) < 4.78 is 0. The van der Waals surface area contributed by atoms with Gasteiger partial charge in [0.1, 0.15) is 0 Å². The molecular weight excluding hydrogens is 136 g/mol. The standard InChI is InChI=1S/C9H18N2/c1-2-11-7-6-10-8-4-3-5-9(8)11/h8-10H,2-7H2,1H3/t8-,9+/m1/s1. The molecule has 2 atom stereocenters. The highest BCUT2D eigenvalue weighted by molar-refractivity contribution is 4.93. The number of hydrogen-bond donors (Lipinski definition) is 1. The van der Waals surface area contributed by atoms with Crippen molar-refractivity contribution >= 4 is 0 Å². The van der Waals surface area contributed by atoms with Gasteiger partial charge in [0.2, 0.25) is 0 Å². The zero-order valence-electron chi connectivity index (χ0n) is 7.34. The highest BCUT2D eigenvalue weighted by Gasteiger charge is 2.33. The Hall–Kier alpha value is -0.0800. The van der Waals surface area contributed by atoms with E-state index >= 15 is 0 Å². The van der Waals surface area contributed by atoms with Crippen molar-refractivity contribution in [1.29, 1.82) is 0 Å². The molecule has 0 bridgehead atoms. The Morgan fingerprint density at radius 3 is 3.18 bits per heavy atom. The predicted molar refractivity (Wildman–Crippen MR) is 46.7 cm³/mol. The van der Waals surface area contributed by atoms with Crippen molar-refractivity contribution in [2.75, 3.05) is 19.6 Å². The number of nitrogens with zero attached hydrogens (tertiary/aromatic N) is 1. The van der Waals surface area contributed by atoms with E-state index < -0.39 is 0 Å². The lowest BCUT2D eigenvalue weighted by molar-refractivity contribution is 0.144. The van der Waals surface area contributed by atoms with Crippen LogP contribution in [-0.4, -0.2) is 36.6 Å². The molecule has 0 spiro atoms. The Balaban J connectivity index is 2.00. The van der Waals surface area contributed by atoms with Crippen molar-refractivity contribution in [2.45, 2.75) is 38.3 Å². The van der Waals surface area contributed by atoms with Crippen LogP contribution in [0.4, 0.5) is 0 Å². The van der Waals surface area contributed by atoms with E-state index in [0.29, 0.717) is 0 Å². The predicted octanol–water partition coefficient (Wildman–Crippen LogP) is 0.833. The summed E-state index contributed by atoms with van der Waals surface area (Å²) in [7, 11) is 0. The molecule has 1 saturated carbocycles. The number of hydrogen-bond acceptors (Lipinski definition) is 2. The zero-order chi connectivity index (χ0) is 7.68. The molecule has 1 heterocycles. The number of rotatable bonds is 1. The van der Waals surface area contributed by atoms with Gasteiger partial charge in [-0.05, 0) is 19.4 Å². The highest BCUT2D eigenvalue weighted by Crippen LogP contribution is 2.25. The molecule has 1 saturated heterocycles. The second kappa shape index (κ2) is 3.11. The summed E-state index contributed by atoms with van der Waals surface area (Å²) in [6.07, 6.45) is 4.26. The molecule has 0 radical (unpaired) electrons. The van der Waals surface area contributed by atoms with Gasteiger partial charge in [0.05, 0.1) is 0 Å². The molecule has 2 fully saturated rings. The molecular formula is C9H18N2. The van der Waals surface area contributed by atoms with E-state index in [9.17, 15) is 0 Å². The van der Waals surface area contributed by atoms with Crippen LogP contribution in [0, 0.1) is 0 Å². The van der Waals surface area contributed by atoms with Gasteiger partial charge in [0, 0.05) is 25.2 Å². The molecule has 0 aromatic carbocycles. The Kier molecular flexibility index (Phi) is 2.14. The monoisotopic (exact) mass is 154 g/mol. The van der Waals surface area contributed by atoms with Gasteiger partial charge in [-0.15, -0.1) is 0 Å². The molecule has 2 heteroatoms. The third-order valence-electron chi connectivity index (χ3n) is 3.16. The minimum Gasteiger partial charge on any atom is -0.311 e. The van der Waals surface area contributed by atoms with Crippen LogP contribution < -0.4 is 5.32 Å². The Labute approximate surface area is 69.0 Å². The molecule has 2 rings (SSSR count). The van der Waals surface area contributed by atoms with Crippen LogP contribution in [0.1, 0.15) is 26.2 Å². The summed E-state index contributed by atoms with van der Waals surface area (Å²) in [6.45, 7) is 5.98. The molecule has 64 valence electrons. The third kappa shape index (κ3) is 1.30. The van der Waals surface area contributed by atoms with Crippen LogP contribution in [0.3, 0.4) is 0 Å². The molecule has 2 nitrogen and oxygen atoms in total.